The van der Waals surface area contributed by atoms with Crippen molar-refractivity contribution in [3.05, 3.63) is 58.6 Å². The van der Waals surface area contributed by atoms with Gasteiger partial charge >= 0.3 is 6.18 Å². The van der Waals surface area contributed by atoms with Gasteiger partial charge < -0.3 is 0 Å². The second-order valence-electron chi connectivity index (χ2n) is 4.26. The van der Waals surface area contributed by atoms with Crippen LogP contribution in [0.15, 0.2) is 42.5 Å². The van der Waals surface area contributed by atoms with Gasteiger partial charge in [0.15, 0.2) is 0 Å². The maximum Gasteiger partial charge on any atom is 0.416 e. The van der Waals surface area contributed by atoms with Gasteiger partial charge in [0.05, 0.1) is 18.1 Å². The van der Waals surface area contributed by atoms with E-state index in [9.17, 15) is 13.2 Å². The number of hydrogen-bond acceptors (Lipinski definition) is 1. The molecule has 0 amide bonds. The Hall–Kier alpha value is -1.99. The molecular formula is C15H9ClF3N. The van der Waals surface area contributed by atoms with Crippen LogP contribution in [0.25, 0.3) is 11.1 Å². The maximum absolute atomic E-state index is 12.7. The van der Waals surface area contributed by atoms with Crippen LogP contribution in [0.2, 0.25) is 5.02 Å². The summed E-state index contributed by atoms with van der Waals surface area (Å²) in [4.78, 5) is 0. The van der Waals surface area contributed by atoms with Crippen molar-refractivity contribution in [3.63, 3.8) is 0 Å². The first-order chi connectivity index (χ1) is 9.40. The number of benzene rings is 2. The summed E-state index contributed by atoms with van der Waals surface area (Å²) in [5, 5.41) is 9.07. The summed E-state index contributed by atoms with van der Waals surface area (Å²) >= 11 is 5.93. The van der Waals surface area contributed by atoms with E-state index in [2.05, 4.69) is 0 Å². The average Bonchev–Trinajstić information content (AvgIpc) is 2.37. The number of alkyl halides is 3. The molecule has 0 saturated heterocycles. The zero-order chi connectivity index (χ0) is 14.8. The monoisotopic (exact) mass is 295 g/mol. The molecule has 2 rings (SSSR count). The SMILES string of the molecule is N#CCc1cc(Cl)cc(-c2cccc(C(F)(F)F)c2)c1. The van der Waals surface area contributed by atoms with Crippen molar-refractivity contribution < 1.29 is 13.2 Å². The van der Waals surface area contributed by atoms with Crippen molar-refractivity contribution in [1.29, 1.82) is 5.26 Å². The number of nitrogens with zero attached hydrogens (tertiary/aromatic N) is 1. The molecule has 0 atom stereocenters. The molecule has 1 nitrogen and oxygen atoms in total. The predicted molar refractivity (Wildman–Crippen MR) is 71.2 cm³/mol. The van der Waals surface area contributed by atoms with Gasteiger partial charge in [-0.15, -0.1) is 0 Å². The molecule has 0 bridgehead atoms. The molecule has 0 saturated carbocycles. The Bertz CT molecular complexity index is 672. The zero-order valence-electron chi connectivity index (χ0n) is 10.2. The van der Waals surface area contributed by atoms with Crippen LogP contribution in [0.4, 0.5) is 13.2 Å². The van der Waals surface area contributed by atoms with Crippen LogP contribution < -0.4 is 0 Å². The minimum absolute atomic E-state index is 0.159. The van der Waals surface area contributed by atoms with E-state index < -0.39 is 11.7 Å². The molecule has 0 aliphatic carbocycles. The smallest absolute Gasteiger partial charge is 0.198 e. The molecule has 0 heterocycles. The van der Waals surface area contributed by atoms with Crippen LogP contribution in [0.3, 0.4) is 0 Å². The van der Waals surface area contributed by atoms with Crippen LogP contribution in [-0.2, 0) is 12.6 Å². The molecule has 0 N–H and O–H groups in total. The molecule has 0 aliphatic rings. The van der Waals surface area contributed by atoms with E-state index in [4.69, 9.17) is 16.9 Å². The van der Waals surface area contributed by atoms with Gasteiger partial charge in [-0.2, -0.15) is 18.4 Å². The first-order valence-electron chi connectivity index (χ1n) is 5.74. The van der Waals surface area contributed by atoms with Gasteiger partial charge in [-0.3, -0.25) is 0 Å². The fourth-order valence-electron chi connectivity index (χ4n) is 1.89. The molecule has 0 aromatic heterocycles. The lowest BCUT2D eigenvalue weighted by molar-refractivity contribution is -0.137. The molecule has 0 unspecified atom stereocenters. The Morgan fingerprint density at radius 1 is 1.05 bits per heavy atom. The van der Waals surface area contributed by atoms with E-state index in [1.165, 1.54) is 6.07 Å². The van der Waals surface area contributed by atoms with Gasteiger partial charge in [0.2, 0.25) is 0 Å². The third kappa shape index (κ3) is 3.31. The van der Waals surface area contributed by atoms with Crippen molar-refractivity contribution in [2.24, 2.45) is 0 Å². The highest BCUT2D eigenvalue weighted by molar-refractivity contribution is 6.31. The highest BCUT2D eigenvalue weighted by Crippen LogP contribution is 2.33. The van der Waals surface area contributed by atoms with Gasteiger partial charge in [-0.05, 0) is 41.0 Å². The summed E-state index contributed by atoms with van der Waals surface area (Å²) in [5.41, 5.74) is 0.944. The molecule has 2 aromatic rings. The van der Waals surface area contributed by atoms with Crippen molar-refractivity contribution in [3.8, 4) is 17.2 Å². The van der Waals surface area contributed by atoms with E-state index in [-0.39, 0.29) is 6.42 Å². The Balaban J connectivity index is 2.49. The van der Waals surface area contributed by atoms with Gasteiger partial charge in [-0.25, -0.2) is 0 Å². The largest absolute Gasteiger partial charge is 0.416 e. The van der Waals surface area contributed by atoms with Crippen molar-refractivity contribution >= 4 is 11.6 Å². The molecule has 0 fully saturated rings. The average molecular weight is 296 g/mol. The summed E-state index contributed by atoms with van der Waals surface area (Å²) in [7, 11) is 0. The third-order valence-electron chi connectivity index (χ3n) is 2.76. The van der Waals surface area contributed by atoms with E-state index in [1.54, 1.807) is 24.3 Å². The van der Waals surface area contributed by atoms with E-state index in [0.717, 1.165) is 12.1 Å². The van der Waals surface area contributed by atoms with Gasteiger partial charge in [-0.1, -0.05) is 29.8 Å². The fourth-order valence-corrected chi connectivity index (χ4v) is 2.14. The van der Waals surface area contributed by atoms with Gasteiger partial charge in [0.25, 0.3) is 0 Å². The van der Waals surface area contributed by atoms with E-state index in [1.807, 2.05) is 6.07 Å². The summed E-state index contributed by atoms with van der Waals surface area (Å²) < 4.78 is 38.1. The Kier molecular flexibility index (Phi) is 4.01. The van der Waals surface area contributed by atoms with Crippen LogP contribution in [-0.4, -0.2) is 0 Å². The lowest BCUT2D eigenvalue weighted by atomic mass is 10.00. The summed E-state index contributed by atoms with van der Waals surface area (Å²) in [6.07, 6.45) is -4.23. The standard InChI is InChI=1S/C15H9ClF3N/c16-14-7-10(4-5-20)6-12(9-14)11-2-1-3-13(8-11)15(17,18)19/h1-3,6-9H,4H2. The van der Waals surface area contributed by atoms with Gasteiger partial charge in [0, 0.05) is 5.02 Å². The molecule has 2 aromatic carbocycles. The number of halogens is 4. The van der Waals surface area contributed by atoms with Gasteiger partial charge in [0.1, 0.15) is 0 Å². The minimum atomic E-state index is -4.38. The number of hydrogen-bond donors (Lipinski definition) is 0. The molecule has 102 valence electrons. The number of nitriles is 1. The topological polar surface area (TPSA) is 23.8 Å². The van der Waals surface area contributed by atoms with Crippen LogP contribution >= 0.6 is 11.6 Å². The molecule has 0 spiro atoms. The second-order valence-corrected chi connectivity index (χ2v) is 4.70. The normalized spacial score (nSPS) is 11.2. The molecule has 20 heavy (non-hydrogen) atoms. The lowest BCUT2D eigenvalue weighted by Gasteiger charge is -2.10. The second kappa shape index (κ2) is 5.56. The first-order valence-corrected chi connectivity index (χ1v) is 6.12. The third-order valence-corrected chi connectivity index (χ3v) is 2.98. The minimum Gasteiger partial charge on any atom is -0.198 e. The highest BCUT2D eigenvalue weighted by atomic mass is 35.5. The van der Waals surface area contributed by atoms with Crippen LogP contribution in [0.1, 0.15) is 11.1 Å². The molecule has 0 radical (unpaired) electrons. The maximum atomic E-state index is 12.7. The molecular weight excluding hydrogens is 287 g/mol. The first kappa shape index (κ1) is 14.4. The summed E-state index contributed by atoms with van der Waals surface area (Å²) in [6.45, 7) is 0. The molecule has 5 heteroatoms. The Morgan fingerprint density at radius 3 is 2.45 bits per heavy atom. The predicted octanol–water partition coefficient (Wildman–Crippen LogP) is 5.09. The van der Waals surface area contributed by atoms with Crippen molar-refractivity contribution in [2.45, 2.75) is 12.6 Å². The van der Waals surface area contributed by atoms with Crippen LogP contribution in [0, 0.1) is 11.3 Å². The van der Waals surface area contributed by atoms with Crippen LogP contribution in [0.5, 0.6) is 0 Å². The van der Waals surface area contributed by atoms with E-state index >= 15 is 0 Å². The van der Waals surface area contributed by atoms with E-state index in [0.29, 0.717) is 21.7 Å². The Labute approximate surface area is 119 Å². The zero-order valence-corrected chi connectivity index (χ0v) is 11.0. The highest BCUT2D eigenvalue weighted by Gasteiger charge is 2.30. The van der Waals surface area contributed by atoms with Crippen molar-refractivity contribution in [1.82, 2.24) is 0 Å². The quantitative estimate of drug-likeness (QED) is 0.757. The molecule has 0 aliphatic heterocycles. The summed E-state index contributed by atoms with van der Waals surface area (Å²) in [6, 6.07) is 11.9. The fraction of sp³-hybridized carbons (Fsp3) is 0.133. The Morgan fingerprint density at radius 2 is 1.80 bits per heavy atom. The lowest BCUT2D eigenvalue weighted by Crippen LogP contribution is -2.04. The van der Waals surface area contributed by atoms with Crippen molar-refractivity contribution in [2.75, 3.05) is 0 Å². The number of rotatable bonds is 2. The summed E-state index contributed by atoms with van der Waals surface area (Å²) in [5.74, 6) is 0.